The van der Waals surface area contributed by atoms with Crippen LogP contribution in [0.25, 0.3) is 0 Å². The first-order chi connectivity index (χ1) is 7.44. The second-order valence-corrected chi connectivity index (χ2v) is 5.01. The van der Waals surface area contributed by atoms with E-state index in [1.54, 1.807) is 6.92 Å². The number of ether oxygens (including phenoxy) is 1. The Morgan fingerprint density at radius 3 is 2.88 bits per heavy atom. The Hall–Kier alpha value is -0.910. The van der Waals surface area contributed by atoms with Crippen LogP contribution in [0.15, 0.2) is 11.4 Å². The molecule has 1 rings (SSSR count). The Morgan fingerprint density at radius 1 is 1.69 bits per heavy atom. The summed E-state index contributed by atoms with van der Waals surface area (Å²) in [4.78, 5) is 12.3. The molecule has 0 aliphatic heterocycles. The summed E-state index contributed by atoms with van der Waals surface area (Å²) < 4.78 is 4.85. The van der Waals surface area contributed by atoms with Gasteiger partial charge < -0.3 is 15.2 Å². The summed E-state index contributed by atoms with van der Waals surface area (Å²) >= 11 is 1.40. The summed E-state index contributed by atoms with van der Waals surface area (Å²) in [6.45, 7) is 3.93. The molecule has 0 fully saturated rings. The van der Waals surface area contributed by atoms with Crippen LogP contribution in [0.4, 0.5) is 0 Å². The number of carbonyl (C=O) groups excluding carboxylic acids is 1. The normalized spacial score (nSPS) is 14.5. The lowest BCUT2D eigenvalue weighted by Gasteiger charge is -2.22. The maximum Gasteiger partial charge on any atom is 0.261 e. The van der Waals surface area contributed by atoms with E-state index in [-0.39, 0.29) is 19.1 Å². The molecule has 0 saturated carbocycles. The van der Waals surface area contributed by atoms with Crippen molar-refractivity contribution in [1.82, 2.24) is 5.32 Å². The molecule has 0 bridgehead atoms. The quantitative estimate of drug-likeness (QED) is 0.816. The number of thiophene rings is 1. The van der Waals surface area contributed by atoms with Gasteiger partial charge in [-0.05, 0) is 30.9 Å². The average molecular weight is 243 g/mol. The number of methoxy groups -OCH3 is 1. The van der Waals surface area contributed by atoms with Crippen molar-refractivity contribution in [2.24, 2.45) is 0 Å². The van der Waals surface area contributed by atoms with Crippen LogP contribution in [0.5, 0.6) is 0 Å². The summed E-state index contributed by atoms with van der Waals surface area (Å²) in [5.41, 5.74) is 0.0373. The van der Waals surface area contributed by atoms with Gasteiger partial charge in [-0.1, -0.05) is 0 Å². The molecule has 0 unspecified atom stereocenters. The maximum atomic E-state index is 11.7. The number of nitrogens with one attached hydrogen (secondary N) is 1. The molecular formula is C11H17NO3S. The molecule has 16 heavy (non-hydrogen) atoms. The highest BCUT2D eigenvalue weighted by atomic mass is 32.1. The number of carbonyl (C=O) groups is 1. The molecule has 1 atom stereocenters. The minimum Gasteiger partial charge on any atom is -0.386 e. The number of amides is 1. The number of aliphatic hydroxyl groups is 1. The number of aryl methyl sites for hydroxylation is 1. The first-order valence-corrected chi connectivity index (χ1v) is 5.87. The Balaban J connectivity index is 2.47. The van der Waals surface area contributed by atoms with Crippen molar-refractivity contribution in [3.63, 3.8) is 0 Å². The van der Waals surface area contributed by atoms with Crippen LogP contribution in [-0.2, 0) is 4.74 Å². The molecule has 1 aromatic rings. The van der Waals surface area contributed by atoms with Gasteiger partial charge in [-0.2, -0.15) is 0 Å². The van der Waals surface area contributed by atoms with Gasteiger partial charge in [-0.3, -0.25) is 4.79 Å². The zero-order valence-corrected chi connectivity index (χ0v) is 10.6. The van der Waals surface area contributed by atoms with Gasteiger partial charge in [-0.15, -0.1) is 11.3 Å². The number of hydrogen-bond donors (Lipinski definition) is 2. The highest BCUT2D eigenvalue weighted by Crippen LogP contribution is 2.13. The summed E-state index contributed by atoms with van der Waals surface area (Å²) in [5, 5.41) is 14.4. The molecule has 5 heteroatoms. The van der Waals surface area contributed by atoms with Crippen molar-refractivity contribution in [1.29, 1.82) is 0 Å². The fraction of sp³-hybridized carbons (Fsp3) is 0.545. The van der Waals surface area contributed by atoms with Crippen molar-refractivity contribution in [3.05, 3.63) is 21.9 Å². The molecule has 0 aliphatic rings. The lowest BCUT2D eigenvalue weighted by molar-refractivity contribution is -0.0146. The Morgan fingerprint density at radius 2 is 2.38 bits per heavy atom. The molecule has 90 valence electrons. The minimum atomic E-state index is -1.03. The van der Waals surface area contributed by atoms with E-state index in [0.29, 0.717) is 4.88 Å². The smallest absolute Gasteiger partial charge is 0.261 e. The SMILES string of the molecule is COC[C@@](C)(O)CNC(=O)c1cc(C)cs1. The van der Waals surface area contributed by atoms with Gasteiger partial charge in [0.05, 0.1) is 11.5 Å². The fourth-order valence-corrected chi connectivity index (χ4v) is 2.08. The summed E-state index contributed by atoms with van der Waals surface area (Å²) in [5.74, 6) is -0.158. The van der Waals surface area contributed by atoms with Gasteiger partial charge >= 0.3 is 0 Å². The van der Waals surface area contributed by atoms with Gasteiger partial charge in [0.25, 0.3) is 5.91 Å². The first kappa shape index (κ1) is 13.2. The largest absolute Gasteiger partial charge is 0.386 e. The Bertz CT molecular complexity index is 360. The molecule has 0 aliphatic carbocycles. The van der Waals surface area contributed by atoms with Gasteiger partial charge in [0.2, 0.25) is 0 Å². The van der Waals surface area contributed by atoms with E-state index in [1.807, 2.05) is 18.4 Å². The standard InChI is InChI=1S/C11H17NO3S/c1-8-4-9(16-5-8)10(13)12-6-11(2,14)7-15-3/h4-5,14H,6-7H2,1-3H3,(H,12,13)/t11-/m0/s1. The maximum absolute atomic E-state index is 11.7. The van der Waals surface area contributed by atoms with E-state index in [2.05, 4.69) is 5.32 Å². The van der Waals surface area contributed by atoms with E-state index >= 15 is 0 Å². The van der Waals surface area contributed by atoms with Crippen molar-refractivity contribution in [2.45, 2.75) is 19.4 Å². The monoisotopic (exact) mass is 243 g/mol. The van der Waals surface area contributed by atoms with Crippen molar-refractivity contribution >= 4 is 17.2 Å². The van der Waals surface area contributed by atoms with E-state index in [4.69, 9.17) is 4.74 Å². The van der Waals surface area contributed by atoms with Crippen molar-refractivity contribution in [2.75, 3.05) is 20.3 Å². The molecule has 0 spiro atoms. The summed E-state index contributed by atoms with van der Waals surface area (Å²) in [6.07, 6.45) is 0. The molecule has 0 aromatic carbocycles. The fourth-order valence-electron chi connectivity index (χ4n) is 1.27. The topological polar surface area (TPSA) is 58.6 Å². The third-order valence-electron chi connectivity index (χ3n) is 2.04. The van der Waals surface area contributed by atoms with Crippen LogP contribution < -0.4 is 5.32 Å². The predicted octanol–water partition coefficient (Wildman–Crippen LogP) is 1.18. The third kappa shape index (κ3) is 3.92. The second kappa shape index (κ2) is 5.43. The van der Waals surface area contributed by atoms with E-state index in [9.17, 15) is 9.90 Å². The van der Waals surface area contributed by atoms with Crippen LogP contribution in [0.1, 0.15) is 22.2 Å². The van der Waals surface area contributed by atoms with Gasteiger partial charge in [-0.25, -0.2) is 0 Å². The lowest BCUT2D eigenvalue weighted by Crippen LogP contribution is -2.43. The van der Waals surface area contributed by atoms with Crippen molar-refractivity contribution < 1.29 is 14.6 Å². The lowest BCUT2D eigenvalue weighted by atomic mass is 10.1. The van der Waals surface area contributed by atoms with Crippen LogP contribution in [0.2, 0.25) is 0 Å². The van der Waals surface area contributed by atoms with Crippen molar-refractivity contribution in [3.8, 4) is 0 Å². The van der Waals surface area contributed by atoms with E-state index in [0.717, 1.165) is 5.56 Å². The highest BCUT2D eigenvalue weighted by Gasteiger charge is 2.21. The molecule has 1 aromatic heterocycles. The van der Waals surface area contributed by atoms with Crippen LogP contribution in [0.3, 0.4) is 0 Å². The number of hydrogen-bond acceptors (Lipinski definition) is 4. The van der Waals surface area contributed by atoms with Gasteiger partial charge in [0.1, 0.15) is 5.60 Å². The zero-order valence-electron chi connectivity index (χ0n) is 9.74. The number of rotatable bonds is 5. The first-order valence-electron chi connectivity index (χ1n) is 4.99. The highest BCUT2D eigenvalue weighted by molar-refractivity contribution is 7.12. The van der Waals surface area contributed by atoms with E-state index in [1.165, 1.54) is 18.4 Å². The average Bonchev–Trinajstić information content (AvgIpc) is 2.61. The van der Waals surface area contributed by atoms with E-state index < -0.39 is 5.60 Å². The van der Waals surface area contributed by atoms with Gasteiger partial charge in [0, 0.05) is 13.7 Å². The molecule has 1 amide bonds. The minimum absolute atomic E-state index is 0.158. The third-order valence-corrected chi connectivity index (χ3v) is 3.09. The molecule has 0 saturated heterocycles. The van der Waals surface area contributed by atoms with Gasteiger partial charge in [0.15, 0.2) is 0 Å². The van der Waals surface area contributed by atoms with Crippen LogP contribution >= 0.6 is 11.3 Å². The summed E-state index contributed by atoms with van der Waals surface area (Å²) in [6, 6.07) is 1.82. The molecule has 2 N–H and O–H groups in total. The zero-order chi connectivity index (χ0) is 12.2. The predicted molar refractivity (Wildman–Crippen MR) is 63.9 cm³/mol. The summed E-state index contributed by atoms with van der Waals surface area (Å²) in [7, 11) is 1.51. The van der Waals surface area contributed by atoms with Crippen LogP contribution in [0, 0.1) is 6.92 Å². The molecule has 4 nitrogen and oxygen atoms in total. The Kier molecular flexibility index (Phi) is 4.46. The Labute approximate surface area is 99.2 Å². The molecular weight excluding hydrogens is 226 g/mol. The molecule has 1 heterocycles. The van der Waals surface area contributed by atoms with Crippen LogP contribution in [-0.4, -0.2) is 36.9 Å². The molecule has 0 radical (unpaired) electrons. The second-order valence-electron chi connectivity index (χ2n) is 4.10.